The van der Waals surface area contributed by atoms with Crippen LogP contribution in [0.1, 0.15) is 31.2 Å². The standard InChI is InChI=1S/C13H15NO3/c15-13(16)8-6-10-5-7-12(14-9-10)17-11-3-1-2-4-11/h5-9,11H,1-4H2,(H,15,16). The molecule has 0 spiro atoms. The van der Waals surface area contributed by atoms with Crippen LogP contribution in [0.3, 0.4) is 0 Å². The van der Waals surface area contributed by atoms with Crippen molar-refractivity contribution in [2.75, 3.05) is 0 Å². The van der Waals surface area contributed by atoms with Gasteiger partial charge in [0.25, 0.3) is 0 Å². The van der Waals surface area contributed by atoms with Gasteiger partial charge in [0.15, 0.2) is 0 Å². The molecular formula is C13H15NO3. The summed E-state index contributed by atoms with van der Waals surface area (Å²) in [5.74, 6) is -0.347. The van der Waals surface area contributed by atoms with Gasteiger partial charge in [-0.25, -0.2) is 9.78 Å². The molecular weight excluding hydrogens is 218 g/mol. The van der Waals surface area contributed by atoms with E-state index in [4.69, 9.17) is 9.84 Å². The lowest BCUT2D eigenvalue weighted by Gasteiger charge is -2.11. The van der Waals surface area contributed by atoms with Crippen molar-refractivity contribution >= 4 is 12.0 Å². The minimum Gasteiger partial charge on any atom is -0.478 e. The fourth-order valence-corrected chi connectivity index (χ4v) is 1.90. The normalized spacial score (nSPS) is 16.5. The van der Waals surface area contributed by atoms with E-state index in [1.54, 1.807) is 18.3 Å². The molecule has 2 rings (SSSR count). The number of carboxylic acid groups (broad SMARTS) is 1. The zero-order valence-electron chi connectivity index (χ0n) is 9.50. The van der Waals surface area contributed by atoms with Gasteiger partial charge in [0.05, 0.1) is 0 Å². The summed E-state index contributed by atoms with van der Waals surface area (Å²) in [5.41, 5.74) is 0.756. The van der Waals surface area contributed by atoms with Crippen molar-refractivity contribution in [2.45, 2.75) is 31.8 Å². The van der Waals surface area contributed by atoms with E-state index in [9.17, 15) is 4.79 Å². The van der Waals surface area contributed by atoms with Gasteiger partial charge >= 0.3 is 5.97 Å². The molecule has 1 saturated carbocycles. The van der Waals surface area contributed by atoms with Gasteiger partial charge in [0.2, 0.25) is 5.88 Å². The summed E-state index contributed by atoms with van der Waals surface area (Å²) in [7, 11) is 0. The lowest BCUT2D eigenvalue weighted by atomic mass is 10.2. The van der Waals surface area contributed by atoms with Gasteiger partial charge in [-0.3, -0.25) is 0 Å². The van der Waals surface area contributed by atoms with Crippen LogP contribution >= 0.6 is 0 Å². The van der Waals surface area contributed by atoms with Gasteiger partial charge in [-0.1, -0.05) is 0 Å². The highest BCUT2D eigenvalue weighted by Crippen LogP contribution is 2.22. The number of ether oxygens (including phenoxy) is 1. The largest absolute Gasteiger partial charge is 0.478 e. The molecule has 0 radical (unpaired) electrons. The second kappa shape index (κ2) is 5.48. The SMILES string of the molecule is O=C(O)C=Cc1ccc(OC2CCCC2)nc1. The number of rotatable bonds is 4. The molecule has 1 aliphatic carbocycles. The van der Waals surface area contributed by atoms with E-state index < -0.39 is 5.97 Å². The predicted molar refractivity (Wildman–Crippen MR) is 63.8 cm³/mol. The monoisotopic (exact) mass is 233 g/mol. The van der Waals surface area contributed by atoms with Crippen molar-refractivity contribution < 1.29 is 14.6 Å². The third-order valence-electron chi connectivity index (χ3n) is 2.77. The first kappa shape index (κ1) is 11.6. The summed E-state index contributed by atoms with van der Waals surface area (Å²) >= 11 is 0. The summed E-state index contributed by atoms with van der Waals surface area (Å²) < 4.78 is 5.70. The topological polar surface area (TPSA) is 59.4 Å². The van der Waals surface area contributed by atoms with Crippen LogP contribution in [0.2, 0.25) is 0 Å². The van der Waals surface area contributed by atoms with Crippen LogP contribution < -0.4 is 4.74 Å². The Morgan fingerprint density at radius 2 is 2.18 bits per heavy atom. The molecule has 0 atom stereocenters. The van der Waals surface area contributed by atoms with Gasteiger partial charge in [0, 0.05) is 18.3 Å². The molecule has 90 valence electrons. The van der Waals surface area contributed by atoms with Crippen LogP contribution in [0.25, 0.3) is 6.08 Å². The molecule has 1 N–H and O–H groups in total. The zero-order valence-corrected chi connectivity index (χ0v) is 9.50. The number of aromatic nitrogens is 1. The average molecular weight is 233 g/mol. The number of carbonyl (C=O) groups is 1. The first-order chi connectivity index (χ1) is 8.24. The van der Waals surface area contributed by atoms with E-state index in [2.05, 4.69) is 4.98 Å². The number of nitrogens with zero attached hydrogens (tertiary/aromatic N) is 1. The van der Waals surface area contributed by atoms with Crippen LogP contribution in [-0.2, 0) is 4.79 Å². The van der Waals surface area contributed by atoms with Crippen LogP contribution in [0, 0.1) is 0 Å². The van der Waals surface area contributed by atoms with E-state index >= 15 is 0 Å². The molecule has 1 aromatic heterocycles. The lowest BCUT2D eigenvalue weighted by molar-refractivity contribution is -0.131. The highest BCUT2D eigenvalue weighted by molar-refractivity contribution is 5.85. The number of carboxylic acids is 1. The summed E-state index contributed by atoms with van der Waals surface area (Å²) in [6, 6.07) is 3.58. The van der Waals surface area contributed by atoms with Crippen LogP contribution in [0.15, 0.2) is 24.4 Å². The Bertz CT molecular complexity index is 405. The molecule has 1 aliphatic rings. The molecule has 0 saturated heterocycles. The molecule has 0 aliphatic heterocycles. The molecule has 4 nitrogen and oxygen atoms in total. The van der Waals surface area contributed by atoms with E-state index in [1.807, 2.05) is 0 Å². The van der Waals surface area contributed by atoms with Gasteiger partial charge in [-0.2, -0.15) is 0 Å². The predicted octanol–water partition coefficient (Wildman–Crippen LogP) is 2.50. The van der Waals surface area contributed by atoms with Gasteiger partial charge in [0.1, 0.15) is 6.10 Å². The molecule has 0 aromatic carbocycles. The Labute approximate surface area is 99.9 Å². The number of hydrogen-bond donors (Lipinski definition) is 1. The summed E-state index contributed by atoms with van der Waals surface area (Å²) in [6.45, 7) is 0. The maximum atomic E-state index is 10.3. The number of hydrogen-bond acceptors (Lipinski definition) is 3. The highest BCUT2D eigenvalue weighted by atomic mass is 16.5. The van der Waals surface area contributed by atoms with Gasteiger partial charge in [-0.15, -0.1) is 0 Å². The molecule has 0 bridgehead atoms. The Balaban J connectivity index is 1.95. The van der Waals surface area contributed by atoms with Crippen molar-refractivity contribution in [2.24, 2.45) is 0 Å². The smallest absolute Gasteiger partial charge is 0.328 e. The van der Waals surface area contributed by atoms with Crippen LogP contribution in [0.5, 0.6) is 5.88 Å². The molecule has 1 aromatic rings. The second-order valence-electron chi connectivity index (χ2n) is 4.13. The van der Waals surface area contributed by atoms with Crippen molar-refractivity contribution in [3.63, 3.8) is 0 Å². The third kappa shape index (κ3) is 3.59. The molecule has 0 unspecified atom stereocenters. The fraction of sp³-hybridized carbons (Fsp3) is 0.385. The van der Waals surface area contributed by atoms with E-state index in [1.165, 1.54) is 18.9 Å². The van der Waals surface area contributed by atoms with Gasteiger partial charge in [-0.05, 0) is 43.4 Å². The molecule has 1 heterocycles. The lowest BCUT2D eigenvalue weighted by Crippen LogP contribution is -2.11. The third-order valence-corrected chi connectivity index (χ3v) is 2.77. The first-order valence-electron chi connectivity index (χ1n) is 5.78. The Morgan fingerprint density at radius 1 is 1.41 bits per heavy atom. The van der Waals surface area contributed by atoms with Crippen molar-refractivity contribution in [3.05, 3.63) is 30.0 Å². The maximum Gasteiger partial charge on any atom is 0.328 e. The minimum atomic E-state index is -0.962. The molecule has 0 amide bonds. The maximum absolute atomic E-state index is 10.3. The molecule has 4 heteroatoms. The second-order valence-corrected chi connectivity index (χ2v) is 4.13. The van der Waals surface area contributed by atoms with Crippen molar-refractivity contribution in [1.82, 2.24) is 4.98 Å². The van der Waals surface area contributed by atoms with E-state index in [-0.39, 0.29) is 0 Å². The average Bonchev–Trinajstić information content (AvgIpc) is 2.81. The highest BCUT2D eigenvalue weighted by Gasteiger charge is 2.16. The number of aliphatic carboxylic acids is 1. The summed E-state index contributed by atoms with van der Waals surface area (Å²) in [5, 5.41) is 8.49. The fourth-order valence-electron chi connectivity index (χ4n) is 1.90. The van der Waals surface area contributed by atoms with Crippen LogP contribution in [-0.4, -0.2) is 22.2 Å². The molecule has 1 fully saturated rings. The Kier molecular flexibility index (Phi) is 3.75. The van der Waals surface area contributed by atoms with Crippen molar-refractivity contribution in [3.8, 4) is 5.88 Å². The Hall–Kier alpha value is -1.84. The number of pyridine rings is 1. The summed E-state index contributed by atoms with van der Waals surface area (Å²) in [4.78, 5) is 14.5. The summed E-state index contributed by atoms with van der Waals surface area (Å²) in [6.07, 6.45) is 9.16. The minimum absolute atomic E-state index is 0.294. The van der Waals surface area contributed by atoms with Crippen LogP contribution in [0.4, 0.5) is 0 Å². The Morgan fingerprint density at radius 3 is 2.76 bits per heavy atom. The first-order valence-corrected chi connectivity index (χ1v) is 5.78. The molecule has 17 heavy (non-hydrogen) atoms. The van der Waals surface area contributed by atoms with E-state index in [0.29, 0.717) is 12.0 Å². The van der Waals surface area contributed by atoms with E-state index in [0.717, 1.165) is 24.5 Å². The zero-order chi connectivity index (χ0) is 12.1. The quantitative estimate of drug-likeness (QED) is 0.812. The van der Waals surface area contributed by atoms with Gasteiger partial charge < -0.3 is 9.84 Å². The van der Waals surface area contributed by atoms with Crippen molar-refractivity contribution in [1.29, 1.82) is 0 Å².